The summed E-state index contributed by atoms with van der Waals surface area (Å²) in [4.78, 5) is 72.2. The second kappa shape index (κ2) is 14.6. The van der Waals surface area contributed by atoms with Crippen LogP contribution in [0.2, 0.25) is 0 Å². The molecule has 1 saturated heterocycles. The lowest BCUT2D eigenvalue weighted by molar-refractivity contribution is -0.270. The molecule has 1 N–H and O–H groups in total. The zero-order chi connectivity index (χ0) is 31.8. The van der Waals surface area contributed by atoms with Crippen LogP contribution in [0.15, 0.2) is 6.20 Å². The number of methoxy groups -OCH3 is 1. The van der Waals surface area contributed by atoms with E-state index in [1.807, 2.05) is 0 Å². The number of ether oxygens (including phenoxy) is 7. The molecule has 0 aliphatic carbocycles. The van der Waals surface area contributed by atoms with Gasteiger partial charge in [-0.15, -0.1) is 5.10 Å². The van der Waals surface area contributed by atoms with Gasteiger partial charge in [-0.3, -0.25) is 19.2 Å². The van der Waals surface area contributed by atoms with Crippen molar-refractivity contribution < 1.29 is 61.9 Å². The van der Waals surface area contributed by atoms with E-state index in [1.165, 1.54) is 6.20 Å². The largest absolute Gasteiger partial charge is 0.467 e. The Balaban J connectivity index is 2.46. The lowest BCUT2D eigenvalue weighted by Crippen LogP contribution is -2.60. The molecule has 0 radical (unpaired) electrons. The normalized spacial score (nSPS) is 22.6. The maximum absolute atomic E-state index is 12.4. The number of hydrogen-bond donors (Lipinski definition) is 1. The number of rotatable bonds is 10. The fourth-order valence-electron chi connectivity index (χ4n) is 3.94. The van der Waals surface area contributed by atoms with Gasteiger partial charge in [0.2, 0.25) is 0 Å². The van der Waals surface area contributed by atoms with Crippen LogP contribution >= 0.6 is 0 Å². The fraction of sp³-hybridized carbons (Fsp3) is 0.680. The Hall–Kier alpha value is -4.28. The molecule has 6 atom stereocenters. The average Bonchev–Trinajstić information content (AvgIpc) is 3.30. The van der Waals surface area contributed by atoms with E-state index in [9.17, 15) is 28.8 Å². The summed E-state index contributed by atoms with van der Waals surface area (Å²) in [5, 5.41) is 10.4. The highest BCUT2D eigenvalue weighted by Gasteiger charge is 2.53. The summed E-state index contributed by atoms with van der Waals surface area (Å²) in [5.41, 5.74) is -0.669. The smallest absolute Gasteiger partial charge is 0.408 e. The first-order valence-corrected chi connectivity index (χ1v) is 12.8. The Morgan fingerprint density at radius 3 is 2.02 bits per heavy atom. The van der Waals surface area contributed by atoms with Crippen LogP contribution < -0.4 is 5.32 Å². The zero-order valence-corrected chi connectivity index (χ0v) is 24.6. The van der Waals surface area contributed by atoms with Gasteiger partial charge in [-0.05, 0) is 20.8 Å². The van der Waals surface area contributed by atoms with Gasteiger partial charge in [-0.2, -0.15) is 0 Å². The van der Waals surface area contributed by atoms with Gasteiger partial charge >= 0.3 is 35.9 Å². The molecule has 1 aliphatic heterocycles. The highest BCUT2D eigenvalue weighted by atomic mass is 16.7. The van der Waals surface area contributed by atoms with Crippen LogP contribution in [0.1, 0.15) is 60.4 Å². The molecule has 0 saturated carbocycles. The summed E-state index contributed by atoms with van der Waals surface area (Å²) < 4.78 is 38.4. The molecule has 42 heavy (non-hydrogen) atoms. The quantitative estimate of drug-likeness (QED) is 0.280. The summed E-state index contributed by atoms with van der Waals surface area (Å²) in [7, 11) is 1.14. The number of carbonyl (C=O) groups is 6. The molecule has 1 aliphatic rings. The fourth-order valence-corrected chi connectivity index (χ4v) is 3.94. The van der Waals surface area contributed by atoms with Gasteiger partial charge in [0.25, 0.3) is 0 Å². The summed E-state index contributed by atoms with van der Waals surface area (Å²) >= 11 is 0. The Morgan fingerprint density at radius 2 is 1.50 bits per heavy atom. The third-order valence-corrected chi connectivity index (χ3v) is 5.37. The number of aromatic nitrogens is 3. The molecule has 17 nitrogen and oxygen atoms in total. The van der Waals surface area contributed by atoms with Crippen LogP contribution in [0.5, 0.6) is 0 Å². The molecule has 1 aromatic heterocycles. The summed E-state index contributed by atoms with van der Waals surface area (Å²) in [5.74, 6) is -3.82. The minimum atomic E-state index is -1.42. The van der Waals surface area contributed by atoms with Gasteiger partial charge in [0, 0.05) is 34.1 Å². The Bertz CT molecular complexity index is 1160. The van der Waals surface area contributed by atoms with Crippen molar-refractivity contribution in [3.8, 4) is 0 Å². The van der Waals surface area contributed by atoms with Crippen LogP contribution in [0.4, 0.5) is 4.79 Å². The summed E-state index contributed by atoms with van der Waals surface area (Å²) in [6.07, 6.45) is -6.48. The second-order valence-corrected chi connectivity index (χ2v) is 10.2. The second-order valence-electron chi connectivity index (χ2n) is 10.2. The minimum absolute atomic E-state index is 0.161. The van der Waals surface area contributed by atoms with Crippen molar-refractivity contribution in [1.29, 1.82) is 0 Å². The lowest BCUT2D eigenvalue weighted by Gasteiger charge is -2.44. The van der Waals surface area contributed by atoms with E-state index in [-0.39, 0.29) is 12.1 Å². The first-order chi connectivity index (χ1) is 19.5. The van der Waals surface area contributed by atoms with Crippen LogP contribution in [0.25, 0.3) is 0 Å². The third-order valence-electron chi connectivity index (χ3n) is 5.37. The van der Waals surface area contributed by atoms with E-state index in [0.29, 0.717) is 0 Å². The number of carbonyl (C=O) groups excluding carboxylic acids is 6. The van der Waals surface area contributed by atoms with Crippen LogP contribution in [-0.2, 0) is 63.6 Å². The Kier molecular flexibility index (Phi) is 11.8. The zero-order valence-electron chi connectivity index (χ0n) is 24.6. The number of alkyl carbamates (subject to hydrolysis) is 1. The van der Waals surface area contributed by atoms with Crippen molar-refractivity contribution in [3.05, 3.63) is 11.9 Å². The van der Waals surface area contributed by atoms with E-state index >= 15 is 0 Å². The van der Waals surface area contributed by atoms with Gasteiger partial charge < -0.3 is 38.5 Å². The average molecular weight is 601 g/mol. The molecule has 1 amide bonds. The number of nitrogens with zero attached hydrogens (tertiary/aromatic N) is 3. The SMILES string of the molecule is COC(=O)[C@@H](Cc1cn([C@@H]2O[C@H](COC(C)=O)[C@H](OC(C)=O)[C@H](OC(C)=O)[C@H]2OC(C)=O)nn1)NC(=O)OC(C)(C)C. The maximum Gasteiger partial charge on any atom is 0.408 e. The molecular formula is C25H36N4O13. The molecular weight excluding hydrogens is 564 g/mol. The van der Waals surface area contributed by atoms with Crippen molar-refractivity contribution >= 4 is 35.9 Å². The molecule has 2 rings (SSSR count). The number of nitrogens with one attached hydrogen (secondary N) is 1. The molecule has 2 heterocycles. The van der Waals surface area contributed by atoms with Crippen LogP contribution in [0.3, 0.4) is 0 Å². The van der Waals surface area contributed by atoms with Crippen LogP contribution in [-0.4, -0.2) is 101 Å². The van der Waals surface area contributed by atoms with Gasteiger partial charge in [0.1, 0.15) is 24.4 Å². The van der Waals surface area contributed by atoms with Crippen LogP contribution in [0, 0.1) is 0 Å². The molecule has 0 spiro atoms. The van der Waals surface area contributed by atoms with Crippen molar-refractivity contribution in [2.75, 3.05) is 13.7 Å². The number of esters is 5. The minimum Gasteiger partial charge on any atom is -0.467 e. The van der Waals surface area contributed by atoms with Crippen molar-refractivity contribution in [2.24, 2.45) is 0 Å². The topological polar surface area (TPSA) is 210 Å². The highest BCUT2D eigenvalue weighted by molar-refractivity contribution is 5.81. The summed E-state index contributed by atoms with van der Waals surface area (Å²) in [6.45, 7) is 8.98. The highest BCUT2D eigenvalue weighted by Crippen LogP contribution is 2.34. The monoisotopic (exact) mass is 600 g/mol. The third kappa shape index (κ3) is 10.3. The van der Waals surface area contributed by atoms with E-state index < -0.39 is 84.8 Å². The lowest BCUT2D eigenvalue weighted by atomic mass is 9.97. The van der Waals surface area contributed by atoms with Gasteiger partial charge in [-0.1, -0.05) is 5.21 Å². The van der Waals surface area contributed by atoms with Crippen molar-refractivity contribution in [3.63, 3.8) is 0 Å². The first kappa shape index (κ1) is 33.9. The predicted octanol–water partition coefficient (Wildman–Crippen LogP) is 0.143. The van der Waals surface area contributed by atoms with Crippen molar-refractivity contribution in [1.82, 2.24) is 20.3 Å². The molecule has 1 aromatic rings. The Labute approximate surface area is 241 Å². The first-order valence-electron chi connectivity index (χ1n) is 12.8. The van der Waals surface area contributed by atoms with E-state index in [2.05, 4.69) is 15.6 Å². The maximum atomic E-state index is 12.4. The van der Waals surface area contributed by atoms with E-state index in [4.69, 9.17) is 33.2 Å². The number of amides is 1. The van der Waals surface area contributed by atoms with Crippen molar-refractivity contribution in [2.45, 2.75) is 97.2 Å². The van der Waals surface area contributed by atoms with E-state index in [1.54, 1.807) is 20.8 Å². The molecule has 0 unspecified atom stereocenters. The molecule has 1 fully saturated rings. The van der Waals surface area contributed by atoms with E-state index in [0.717, 1.165) is 39.5 Å². The standard InChI is InChI=1S/C25H36N4O13/c1-12(30)37-11-18-19(38-13(2)31)20(39-14(3)32)21(40-15(4)33)22(41-18)29-10-16(27-28-29)9-17(23(34)36-8)26-24(35)42-25(5,6)7/h10,17-22H,9,11H2,1-8H3,(H,26,35)/t17-,18-,19+,20+,21-,22-/m1/s1. The molecule has 234 valence electrons. The molecule has 0 aromatic carbocycles. The van der Waals surface area contributed by atoms with Gasteiger partial charge in [-0.25, -0.2) is 14.3 Å². The Morgan fingerprint density at radius 1 is 0.929 bits per heavy atom. The molecule has 0 bridgehead atoms. The number of hydrogen-bond acceptors (Lipinski definition) is 15. The molecule has 17 heteroatoms. The van der Waals surface area contributed by atoms with Gasteiger partial charge in [0.05, 0.1) is 19.0 Å². The summed E-state index contributed by atoms with van der Waals surface area (Å²) in [6, 6.07) is -1.22. The van der Waals surface area contributed by atoms with Gasteiger partial charge in [0.15, 0.2) is 24.5 Å². The predicted molar refractivity (Wildman–Crippen MR) is 136 cm³/mol.